The first-order valence-electron chi connectivity index (χ1n) is 7.24. The number of nitrogens with zero attached hydrogens (tertiary/aromatic N) is 2. The van der Waals surface area contributed by atoms with Gasteiger partial charge in [0.1, 0.15) is 0 Å². The lowest BCUT2D eigenvalue weighted by molar-refractivity contribution is 0.329. The zero-order chi connectivity index (χ0) is 13.7. The minimum absolute atomic E-state index is 0.0391. The van der Waals surface area contributed by atoms with Gasteiger partial charge in [-0.2, -0.15) is 0 Å². The number of hydrogen-bond acceptors (Lipinski definition) is 4. The van der Waals surface area contributed by atoms with Crippen molar-refractivity contribution < 1.29 is 0 Å². The maximum Gasteiger partial charge on any atom is 0.293 e. The van der Waals surface area contributed by atoms with Crippen molar-refractivity contribution in [2.45, 2.75) is 57.5 Å². The van der Waals surface area contributed by atoms with Crippen LogP contribution >= 0.6 is 0 Å². The molecule has 1 aliphatic carbocycles. The van der Waals surface area contributed by atoms with Gasteiger partial charge in [0.05, 0.1) is 5.54 Å². The molecular formula is C14H24N4O. The lowest BCUT2D eigenvalue weighted by Gasteiger charge is -2.37. The van der Waals surface area contributed by atoms with Gasteiger partial charge in [-0.05, 0) is 19.3 Å². The predicted octanol–water partition coefficient (Wildman–Crippen LogP) is 1.73. The fourth-order valence-corrected chi connectivity index (χ4v) is 2.81. The van der Waals surface area contributed by atoms with Crippen molar-refractivity contribution in [3.8, 4) is 0 Å². The fourth-order valence-electron chi connectivity index (χ4n) is 2.81. The van der Waals surface area contributed by atoms with Crippen molar-refractivity contribution >= 4 is 5.82 Å². The molecule has 0 spiro atoms. The monoisotopic (exact) mass is 264 g/mol. The molecule has 1 aliphatic rings. The SMILES string of the molecule is CCCn1ccnc(NC2(CN)CCCCC2)c1=O. The summed E-state index contributed by atoms with van der Waals surface area (Å²) in [5, 5.41) is 3.34. The second-order valence-corrected chi connectivity index (χ2v) is 5.44. The molecule has 0 radical (unpaired) electrons. The Labute approximate surface area is 114 Å². The molecule has 0 aromatic carbocycles. The van der Waals surface area contributed by atoms with Crippen LogP contribution in [0.15, 0.2) is 17.2 Å². The zero-order valence-corrected chi connectivity index (χ0v) is 11.7. The Morgan fingerprint density at radius 2 is 2.16 bits per heavy atom. The van der Waals surface area contributed by atoms with E-state index in [2.05, 4.69) is 17.2 Å². The number of nitrogens with one attached hydrogen (secondary N) is 1. The molecule has 0 aliphatic heterocycles. The summed E-state index contributed by atoms with van der Waals surface area (Å²) < 4.78 is 1.71. The molecule has 1 heterocycles. The number of anilines is 1. The van der Waals surface area contributed by atoms with Crippen LogP contribution in [0.2, 0.25) is 0 Å². The molecule has 5 nitrogen and oxygen atoms in total. The van der Waals surface area contributed by atoms with Crippen LogP contribution in [0.5, 0.6) is 0 Å². The molecule has 1 fully saturated rings. The van der Waals surface area contributed by atoms with Gasteiger partial charge in [0.15, 0.2) is 5.82 Å². The minimum atomic E-state index is -0.143. The Balaban J connectivity index is 2.22. The van der Waals surface area contributed by atoms with Crippen LogP contribution in [0.3, 0.4) is 0 Å². The van der Waals surface area contributed by atoms with E-state index < -0.39 is 0 Å². The van der Waals surface area contributed by atoms with Gasteiger partial charge in [-0.1, -0.05) is 26.2 Å². The summed E-state index contributed by atoms with van der Waals surface area (Å²) in [6.07, 6.45) is 10.00. The first-order chi connectivity index (χ1) is 9.21. The first kappa shape index (κ1) is 14.1. The van der Waals surface area contributed by atoms with Crippen LogP contribution in [0, 0.1) is 0 Å². The zero-order valence-electron chi connectivity index (χ0n) is 11.7. The third-order valence-electron chi connectivity index (χ3n) is 3.96. The van der Waals surface area contributed by atoms with Crippen molar-refractivity contribution in [1.29, 1.82) is 0 Å². The van der Waals surface area contributed by atoms with Crippen LogP contribution in [0.4, 0.5) is 5.82 Å². The molecule has 0 atom stereocenters. The van der Waals surface area contributed by atoms with E-state index in [1.807, 2.05) is 0 Å². The molecule has 19 heavy (non-hydrogen) atoms. The number of aromatic nitrogens is 2. The van der Waals surface area contributed by atoms with Crippen molar-refractivity contribution in [3.05, 3.63) is 22.7 Å². The van der Waals surface area contributed by atoms with E-state index in [0.29, 0.717) is 12.4 Å². The smallest absolute Gasteiger partial charge is 0.293 e. The van der Waals surface area contributed by atoms with Gasteiger partial charge in [-0.25, -0.2) is 4.98 Å². The van der Waals surface area contributed by atoms with Crippen LogP contribution < -0.4 is 16.6 Å². The standard InChI is InChI=1S/C14H24N4O/c1-2-9-18-10-8-16-12(13(18)19)17-14(11-15)6-4-3-5-7-14/h8,10H,2-7,9,11,15H2,1H3,(H,16,17). The molecule has 106 valence electrons. The van der Waals surface area contributed by atoms with Crippen LogP contribution in [-0.2, 0) is 6.54 Å². The highest BCUT2D eigenvalue weighted by Gasteiger charge is 2.31. The quantitative estimate of drug-likeness (QED) is 0.849. The van der Waals surface area contributed by atoms with E-state index in [4.69, 9.17) is 5.73 Å². The van der Waals surface area contributed by atoms with E-state index >= 15 is 0 Å². The molecule has 0 amide bonds. The van der Waals surface area contributed by atoms with Crippen molar-refractivity contribution in [1.82, 2.24) is 9.55 Å². The number of nitrogens with two attached hydrogens (primary N) is 1. The molecule has 2 rings (SSSR count). The summed E-state index contributed by atoms with van der Waals surface area (Å²) in [7, 11) is 0. The van der Waals surface area contributed by atoms with Gasteiger partial charge < -0.3 is 15.6 Å². The van der Waals surface area contributed by atoms with Gasteiger partial charge in [-0.3, -0.25) is 4.79 Å². The third kappa shape index (κ3) is 3.15. The summed E-state index contributed by atoms with van der Waals surface area (Å²) in [5.74, 6) is 0.448. The molecule has 0 unspecified atom stereocenters. The maximum absolute atomic E-state index is 12.3. The Bertz CT molecular complexity index is 463. The lowest BCUT2D eigenvalue weighted by Crippen LogP contribution is -2.48. The van der Waals surface area contributed by atoms with E-state index in [0.717, 1.165) is 25.8 Å². The molecule has 1 saturated carbocycles. The highest BCUT2D eigenvalue weighted by Crippen LogP contribution is 2.29. The highest BCUT2D eigenvalue weighted by atomic mass is 16.1. The van der Waals surface area contributed by atoms with E-state index in [9.17, 15) is 4.79 Å². The molecule has 5 heteroatoms. The van der Waals surface area contributed by atoms with Gasteiger partial charge in [-0.15, -0.1) is 0 Å². The molecule has 0 bridgehead atoms. The number of rotatable bonds is 5. The number of hydrogen-bond donors (Lipinski definition) is 2. The molecule has 3 N–H and O–H groups in total. The second-order valence-electron chi connectivity index (χ2n) is 5.44. The highest BCUT2D eigenvalue weighted by molar-refractivity contribution is 5.35. The van der Waals surface area contributed by atoms with E-state index in [1.54, 1.807) is 17.0 Å². The van der Waals surface area contributed by atoms with E-state index in [-0.39, 0.29) is 11.1 Å². The van der Waals surface area contributed by atoms with Gasteiger partial charge in [0.25, 0.3) is 5.56 Å². The average Bonchev–Trinajstić information content (AvgIpc) is 2.45. The van der Waals surface area contributed by atoms with Crippen LogP contribution in [-0.4, -0.2) is 21.6 Å². The Hall–Kier alpha value is -1.36. The predicted molar refractivity (Wildman–Crippen MR) is 77.3 cm³/mol. The fraction of sp³-hybridized carbons (Fsp3) is 0.714. The summed E-state index contributed by atoms with van der Waals surface area (Å²) in [4.78, 5) is 16.5. The summed E-state index contributed by atoms with van der Waals surface area (Å²) in [6.45, 7) is 3.34. The van der Waals surface area contributed by atoms with Crippen molar-refractivity contribution in [3.63, 3.8) is 0 Å². The molecule has 1 aromatic heterocycles. The van der Waals surface area contributed by atoms with Gasteiger partial charge in [0, 0.05) is 25.5 Å². The maximum atomic E-state index is 12.3. The summed E-state index contributed by atoms with van der Waals surface area (Å²) in [6, 6.07) is 0. The minimum Gasteiger partial charge on any atom is -0.359 e. The van der Waals surface area contributed by atoms with Crippen molar-refractivity contribution in [2.75, 3.05) is 11.9 Å². The summed E-state index contributed by atoms with van der Waals surface area (Å²) >= 11 is 0. The molecule has 0 saturated heterocycles. The first-order valence-corrected chi connectivity index (χ1v) is 7.24. The Morgan fingerprint density at radius 3 is 2.79 bits per heavy atom. The second kappa shape index (κ2) is 6.19. The third-order valence-corrected chi connectivity index (χ3v) is 3.96. The topological polar surface area (TPSA) is 72.9 Å². The van der Waals surface area contributed by atoms with Crippen LogP contribution in [0.25, 0.3) is 0 Å². The summed E-state index contributed by atoms with van der Waals surface area (Å²) in [5.41, 5.74) is 5.75. The Morgan fingerprint density at radius 1 is 1.42 bits per heavy atom. The lowest BCUT2D eigenvalue weighted by atomic mass is 9.82. The van der Waals surface area contributed by atoms with E-state index in [1.165, 1.54) is 19.3 Å². The van der Waals surface area contributed by atoms with Gasteiger partial charge in [0.2, 0.25) is 0 Å². The molecule has 1 aromatic rings. The average molecular weight is 264 g/mol. The number of aryl methyl sites for hydroxylation is 1. The van der Waals surface area contributed by atoms with Crippen molar-refractivity contribution in [2.24, 2.45) is 5.73 Å². The normalized spacial score (nSPS) is 18.2. The largest absolute Gasteiger partial charge is 0.359 e. The van der Waals surface area contributed by atoms with Crippen LogP contribution in [0.1, 0.15) is 45.4 Å². The van der Waals surface area contributed by atoms with Gasteiger partial charge >= 0.3 is 0 Å². The molecular weight excluding hydrogens is 240 g/mol. The Kier molecular flexibility index (Phi) is 4.58.